The molecule has 1 saturated heterocycles. The van der Waals surface area contributed by atoms with Gasteiger partial charge in [0.1, 0.15) is 5.76 Å². The van der Waals surface area contributed by atoms with Gasteiger partial charge in [-0.05, 0) is 50.8 Å². The van der Waals surface area contributed by atoms with Crippen LogP contribution in [0.2, 0.25) is 0 Å². The molecular formula is C14H24N2O. The Balaban J connectivity index is 2.12. The zero-order valence-corrected chi connectivity index (χ0v) is 10.9. The molecule has 0 aliphatic carbocycles. The van der Waals surface area contributed by atoms with Crippen LogP contribution in [-0.4, -0.2) is 24.0 Å². The molecule has 1 aliphatic heterocycles. The highest BCUT2D eigenvalue weighted by Gasteiger charge is 2.31. The molecule has 0 amide bonds. The van der Waals surface area contributed by atoms with Gasteiger partial charge < -0.3 is 10.2 Å². The van der Waals surface area contributed by atoms with E-state index in [1.807, 2.05) is 6.07 Å². The van der Waals surface area contributed by atoms with E-state index in [-0.39, 0.29) is 0 Å². The van der Waals surface area contributed by atoms with E-state index >= 15 is 0 Å². The van der Waals surface area contributed by atoms with E-state index in [1.165, 1.54) is 12.8 Å². The molecule has 1 aliphatic rings. The Morgan fingerprint density at radius 1 is 1.53 bits per heavy atom. The summed E-state index contributed by atoms with van der Waals surface area (Å²) >= 11 is 0. The number of piperidine rings is 1. The first-order valence-corrected chi connectivity index (χ1v) is 6.75. The minimum Gasteiger partial charge on any atom is -0.468 e. The molecule has 3 atom stereocenters. The second kappa shape index (κ2) is 5.69. The average molecular weight is 236 g/mol. The normalized spacial score (nSPS) is 28.2. The van der Waals surface area contributed by atoms with Crippen molar-refractivity contribution in [3.05, 3.63) is 24.2 Å². The molecule has 2 N–H and O–H groups in total. The maximum atomic E-state index is 5.82. The molecule has 1 aromatic heterocycles. The molecule has 3 unspecified atom stereocenters. The van der Waals surface area contributed by atoms with Gasteiger partial charge in [0.25, 0.3) is 0 Å². The Morgan fingerprint density at radius 2 is 2.35 bits per heavy atom. The van der Waals surface area contributed by atoms with E-state index in [1.54, 1.807) is 6.26 Å². The van der Waals surface area contributed by atoms with Crippen LogP contribution in [0.1, 0.15) is 44.9 Å². The molecule has 17 heavy (non-hydrogen) atoms. The van der Waals surface area contributed by atoms with Crippen LogP contribution in [0.25, 0.3) is 0 Å². The number of furan rings is 1. The van der Waals surface area contributed by atoms with Crippen LogP contribution in [0, 0.1) is 5.92 Å². The van der Waals surface area contributed by atoms with E-state index in [0.717, 1.165) is 25.3 Å². The van der Waals surface area contributed by atoms with Crippen molar-refractivity contribution in [3.8, 4) is 0 Å². The van der Waals surface area contributed by atoms with Crippen LogP contribution in [0.3, 0.4) is 0 Å². The van der Waals surface area contributed by atoms with Crippen molar-refractivity contribution in [1.82, 2.24) is 4.90 Å². The molecule has 0 radical (unpaired) electrons. The lowest BCUT2D eigenvalue weighted by Crippen LogP contribution is -2.45. The van der Waals surface area contributed by atoms with Crippen molar-refractivity contribution in [1.29, 1.82) is 0 Å². The number of hydrogen-bond acceptors (Lipinski definition) is 3. The van der Waals surface area contributed by atoms with Gasteiger partial charge >= 0.3 is 0 Å². The molecule has 2 rings (SSSR count). The van der Waals surface area contributed by atoms with Crippen molar-refractivity contribution < 1.29 is 4.42 Å². The van der Waals surface area contributed by atoms with Gasteiger partial charge in [0, 0.05) is 12.6 Å². The zero-order chi connectivity index (χ0) is 12.3. The summed E-state index contributed by atoms with van der Waals surface area (Å²) in [5, 5.41) is 0. The fraction of sp³-hybridized carbons (Fsp3) is 0.714. The van der Waals surface area contributed by atoms with Crippen molar-refractivity contribution in [2.75, 3.05) is 13.1 Å². The molecule has 96 valence electrons. The molecular weight excluding hydrogens is 212 g/mol. The van der Waals surface area contributed by atoms with Crippen molar-refractivity contribution in [2.45, 2.75) is 45.2 Å². The highest BCUT2D eigenvalue weighted by molar-refractivity contribution is 5.05. The maximum Gasteiger partial charge on any atom is 0.120 e. The van der Waals surface area contributed by atoms with Crippen molar-refractivity contribution in [2.24, 2.45) is 11.7 Å². The van der Waals surface area contributed by atoms with Crippen LogP contribution in [0.4, 0.5) is 0 Å². The summed E-state index contributed by atoms with van der Waals surface area (Å²) < 4.78 is 5.58. The highest BCUT2D eigenvalue weighted by atomic mass is 16.3. The lowest BCUT2D eigenvalue weighted by molar-refractivity contribution is 0.0609. The second-order valence-corrected chi connectivity index (χ2v) is 5.16. The largest absolute Gasteiger partial charge is 0.468 e. The van der Waals surface area contributed by atoms with Gasteiger partial charge in [0.15, 0.2) is 0 Å². The number of hydrogen-bond donors (Lipinski definition) is 1. The molecule has 3 heteroatoms. The van der Waals surface area contributed by atoms with Crippen molar-refractivity contribution >= 4 is 0 Å². The minimum atomic E-state index is 0.411. The van der Waals surface area contributed by atoms with Crippen LogP contribution in [-0.2, 0) is 0 Å². The van der Waals surface area contributed by atoms with E-state index in [4.69, 9.17) is 10.2 Å². The molecule has 2 heterocycles. The maximum absolute atomic E-state index is 5.82. The third-order valence-corrected chi connectivity index (χ3v) is 4.02. The Kier molecular flexibility index (Phi) is 4.24. The second-order valence-electron chi connectivity index (χ2n) is 5.16. The SMILES string of the molecule is CCC(c1ccco1)N1CC(CN)CCC1C. The van der Waals surface area contributed by atoms with Gasteiger partial charge in [-0.3, -0.25) is 4.90 Å². The summed E-state index contributed by atoms with van der Waals surface area (Å²) in [6.45, 7) is 6.46. The quantitative estimate of drug-likeness (QED) is 0.874. The Morgan fingerprint density at radius 3 is 2.94 bits per heavy atom. The molecule has 3 nitrogen and oxygen atoms in total. The predicted octanol–water partition coefficient (Wildman–Crippen LogP) is 2.79. The summed E-state index contributed by atoms with van der Waals surface area (Å²) in [7, 11) is 0. The van der Waals surface area contributed by atoms with Gasteiger partial charge in [-0.15, -0.1) is 0 Å². The number of nitrogens with zero attached hydrogens (tertiary/aromatic N) is 1. The summed E-state index contributed by atoms with van der Waals surface area (Å²) in [5.41, 5.74) is 5.82. The predicted molar refractivity (Wildman–Crippen MR) is 69.7 cm³/mol. The molecule has 0 bridgehead atoms. The van der Waals surface area contributed by atoms with Gasteiger partial charge in [-0.1, -0.05) is 6.92 Å². The Hall–Kier alpha value is -0.800. The Bertz CT molecular complexity index is 323. The smallest absolute Gasteiger partial charge is 0.120 e. The summed E-state index contributed by atoms with van der Waals surface area (Å²) in [6, 6.07) is 5.11. The molecule has 0 aromatic carbocycles. The lowest BCUT2D eigenvalue weighted by atomic mass is 9.91. The first kappa shape index (κ1) is 12.7. The summed E-state index contributed by atoms with van der Waals surface area (Å²) in [4.78, 5) is 2.57. The van der Waals surface area contributed by atoms with E-state index in [2.05, 4.69) is 24.8 Å². The average Bonchev–Trinajstić information content (AvgIpc) is 2.86. The number of rotatable bonds is 4. The third kappa shape index (κ3) is 2.72. The van der Waals surface area contributed by atoms with Crippen molar-refractivity contribution in [3.63, 3.8) is 0 Å². The highest BCUT2D eigenvalue weighted by Crippen LogP contribution is 2.32. The van der Waals surface area contributed by atoms with Crippen LogP contribution in [0.5, 0.6) is 0 Å². The van der Waals surface area contributed by atoms with Gasteiger partial charge in [-0.2, -0.15) is 0 Å². The van der Waals surface area contributed by atoms with Gasteiger partial charge in [0.05, 0.1) is 12.3 Å². The molecule has 1 fully saturated rings. The van der Waals surface area contributed by atoms with Gasteiger partial charge in [-0.25, -0.2) is 0 Å². The standard InChI is InChI=1S/C14H24N2O/c1-3-13(14-5-4-8-17-14)16-10-12(9-15)7-6-11(16)2/h4-5,8,11-13H,3,6-7,9-10,15H2,1-2H3. The van der Waals surface area contributed by atoms with Crippen LogP contribution >= 0.6 is 0 Å². The van der Waals surface area contributed by atoms with Crippen LogP contribution in [0.15, 0.2) is 22.8 Å². The fourth-order valence-corrected chi connectivity index (χ4v) is 2.92. The van der Waals surface area contributed by atoms with E-state index in [0.29, 0.717) is 18.0 Å². The zero-order valence-electron chi connectivity index (χ0n) is 10.9. The fourth-order valence-electron chi connectivity index (χ4n) is 2.92. The van der Waals surface area contributed by atoms with E-state index in [9.17, 15) is 0 Å². The molecule has 1 aromatic rings. The summed E-state index contributed by atoms with van der Waals surface area (Å²) in [5.74, 6) is 1.74. The van der Waals surface area contributed by atoms with Gasteiger partial charge in [0.2, 0.25) is 0 Å². The van der Waals surface area contributed by atoms with E-state index < -0.39 is 0 Å². The minimum absolute atomic E-state index is 0.411. The first-order valence-electron chi connectivity index (χ1n) is 6.75. The van der Waals surface area contributed by atoms with Crippen LogP contribution < -0.4 is 5.73 Å². The molecule has 0 saturated carbocycles. The topological polar surface area (TPSA) is 42.4 Å². The first-order chi connectivity index (χ1) is 8.26. The number of nitrogens with two attached hydrogens (primary N) is 1. The monoisotopic (exact) mass is 236 g/mol. The number of likely N-dealkylation sites (tertiary alicyclic amines) is 1. The third-order valence-electron chi connectivity index (χ3n) is 4.02. The Labute approximate surface area is 104 Å². The summed E-state index contributed by atoms with van der Waals surface area (Å²) in [6.07, 6.45) is 5.38. The lowest BCUT2D eigenvalue weighted by Gasteiger charge is -2.41. The molecule has 0 spiro atoms.